The summed E-state index contributed by atoms with van der Waals surface area (Å²) in [5, 5.41) is 0. The van der Waals surface area contributed by atoms with E-state index in [0.717, 1.165) is 5.69 Å². The topological polar surface area (TPSA) is 102 Å². The molecule has 29 heavy (non-hydrogen) atoms. The molecule has 0 bridgehead atoms. The number of carbonyl (C=O) groups excluding carboxylic acids is 2. The van der Waals surface area contributed by atoms with Crippen LogP contribution in [0.1, 0.15) is 12.8 Å². The van der Waals surface area contributed by atoms with Gasteiger partial charge in [-0.2, -0.15) is 0 Å². The number of hydrogen-bond acceptors (Lipinski definition) is 7. The van der Waals surface area contributed by atoms with Crippen LogP contribution in [0, 0.1) is 0 Å². The van der Waals surface area contributed by atoms with Gasteiger partial charge in [-0.05, 0) is 48.5 Å². The second kappa shape index (κ2) is 8.95. The van der Waals surface area contributed by atoms with Crippen molar-refractivity contribution in [3.8, 4) is 5.75 Å². The van der Waals surface area contributed by atoms with Gasteiger partial charge in [0.05, 0.1) is 12.0 Å². The smallest absolute Gasteiger partial charge is 0.343 e. The number of methoxy groups -OCH3 is 1. The molecule has 8 nitrogen and oxygen atoms in total. The van der Waals surface area contributed by atoms with Crippen molar-refractivity contribution in [2.24, 2.45) is 0 Å². The van der Waals surface area contributed by atoms with E-state index in [2.05, 4.69) is 14.4 Å². The summed E-state index contributed by atoms with van der Waals surface area (Å²) in [7, 11) is -2.51. The molecule has 1 aliphatic rings. The van der Waals surface area contributed by atoms with Crippen molar-refractivity contribution in [2.75, 3.05) is 36.4 Å². The van der Waals surface area contributed by atoms with Crippen LogP contribution in [0.5, 0.6) is 5.75 Å². The molecule has 1 heterocycles. The number of ether oxygens (including phenoxy) is 2. The van der Waals surface area contributed by atoms with Crippen molar-refractivity contribution in [1.82, 2.24) is 0 Å². The molecule has 3 rings (SSSR count). The standard InChI is InChI=1S/C20H22N2O6S/c1-27-20(24)14-28-18-6-8-19(9-7-18)29(25,26)21-15-2-4-16(5-3-15)22-12-10-17(23)11-13-22/h2-9,21H,10-14H2,1H3. The van der Waals surface area contributed by atoms with Crippen molar-refractivity contribution >= 4 is 33.2 Å². The van der Waals surface area contributed by atoms with Crippen LogP contribution in [-0.4, -0.2) is 47.0 Å². The Morgan fingerprint density at radius 2 is 1.66 bits per heavy atom. The fourth-order valence-electron chi connectivity index (χ4n) is 2.88. The van der Waals surface area contributed by atoms with Crippen LogP contribution < -0.4 is 14.4 Å². The first-order valence-electron chi connectivity index (χ1n) is 9.06. The third-order valence-corrected chi connectivity index (χ3v) is 5.92. The minimum atomic E-state index is -3.77. The second-order valence-electron chi connectivity index (χ2n) is 6.51. The fourth-order valence-corrected chi connectivity index (χ4v) is 3.94. The van der Waals surface area contributed by atoms with E-state index in [1.165, 1.54) is 31.4 Å². The quantitative estimate of drug-likeness (QED) is 0.688. The van der Waals surface area contributed by atoms with E-state index in [9.17, 15) is 18.0 Å². The summed E-state index contributed by atoms with van der Waals surface area (Å²) in [5.41, 5.74) is 1.39. The number of Topliss-reactive ketones (excluding diaryl/α,β-unsaturated/α-hetero) is 1. The Hall–Kier alpha value is -3.07. The number of nitrogens with one attached hydrogen (secondary N) is 1. The lowest BCUT2D eigenvalue weighted by molar-refractivity contribution is -0.142. The molecule has 0 aliphatic carbocycles. The number of esters is 1. The number of carbonyl (C=O) groups is 2. The first-order chi connectivity index (χ1) is 13.9. The normalized spacial score (nSPS) is 14.4. The van der Waals surface area contributed by atoms with E-state index < -0.39 is 16.0 Å². The molecule has 1 saturated heterocycles. The molecule has 0 spiro atoms. The molecule has 1 N–H and O–H groups in total. The number of nitrogens with zero attached hydrogens (tertiary/aromatic N) is 1. The van der Waals surface area contributed by atoms with Crippen LogP contribution in [0.2, 0.25) is 0 Å². The number of sulfonamides is 1. The molecule has 9 heteroatoms. The van der Waals surface area contributed by atoms with Gasteiger partial charge in [0, 0.05) is 37.3 Å². The monoisotopic (exact) mass is 418 g/mol. The predicted octanol–water partition coefficient (Wildman–Crippen LogP) is 2.21. The zero-order valence-corrected chi connectivity index (χ0v) is 16.8. The minimum Gasteiger partial charge on any atom is -0.482 e. The van der Waals surface area contributed by atoms with Crippen molar-refractivity contribution in [3.63, 3.8) is 0 Å². The maximum atomic E-state index is 12.6. The Balaban J connectivity index is 1.63. The van der Waals surface area contributed by atoms with E-state index in [-0.39, 0.29) is 17.3 Å². The average molecular weight is 418 g/mol. The number of anilines is 2. The maximum absolute atomic E-state index is 12.6. The highest BCUT2D eigenvalue weighted by Crippen LogP contribution is 2.23. The molecular weight excluding hydrogens is 396 g/mol. The molecule has 0 atom stereocenters. The van der Waals surface area contributed by atoms with E-state index in [4.69, 9.17) is 4.74 Å². The van der Waals surface area contributed by atoms with Gasteiger partial charge in [-0.15, -0.1) is 0 Å². The Bertz CT molecular complexity index is 961. The van der Waals surface area contributed by atoms with Gasteiger partial charge in [-0.25, -0.2) is 13.2 Å². The highest BCUT2D eigenvalue weighted by molar-refractivity contribution is 7.92. The van der Waals surface area contributed by atoms with Crippen LogP contribution >= 0.6 is 0 Å². The van der Waals surface area contributed by atoms with E-state index in [1.54, 1.807) is 12.1 Å². The van der Waals surface area contributed by atoms with Gasteiger partial charge in [-0.3, -0.25) is 9.52 Å². The van der Waals surface area contributed by atoms with Gasteiger partial charge in [0.25, 0.3) is 10.0 Å². The highest BCUT2D eigenvalue weighted by Gasteiger charge is 2.17. The van der Waals surface area contributed by atoms with Gasteiger partial charge >= 0.3 is 5.97 Å². The number of piperidine rings is 1. The number of rotatable bonds is 7. The van der Waals surface area contributed by atoms with Crippen molar-refractivity contribution < 1.29 is 27.5 Å². The van der Waals surface area contributed by atoms with E-state index in [1.807, 2.05) is 12.1 Å². The minimum absolute atomic E-state index is 0.0709. The third kappa shape index (κ3) is 5.47. The van der Waals surface area contributed by atoms with Crippen LogP contribution in [0.25, 0.3) is 0 Å². The number of hydrogen-bond donors (Lipinski definition) is 1. The first kappa shape index (κ1) is 20.7. The SMILES string of the molecule is COC(=O)COc1ccc(S(=O)(=O)Nc2ccc(N3CCC(=O)CC3)cc2)cc1. The molecule has 1 fully saturated rings. The average Bonchev–Trinajstić information content (AvgIpc) is 2.73. The van der Waals surface area contributed by atoms with E-state index >= 15 is 0 Å². The molecule has 0 amide bonds. The van der Waals surface area contributed by atoms with Crippen LogP contribution in [-0.2, 0) is 24.3 Å². The zero-order chi connectivity index (χ0) is 20.9. The molecule has 0 radical (unpaired) electrons. The molecule has 0 saturated carbocycles. The van der Waals surface area contributed by atoms with Crippen LogP contribution in [0.3, 0.4) is 0 Å². The summed E-state index contributed by atoms with van der Waals surface area (Å²) in [6.45, 7) is 1.10. The number of ketones is 1. The van der Waals surface area contributed by atoms with Gasteiger partial charge in [0.1, 0.15) is 11.5 Å². The molecule has 0 unspecified atom stereocenters. The molecule has 1 aliphatic heterocycles. The largest absolute Gasteiger partial charge is 0.482 e. The van der Waals surface area contributed by atoms with Crippen molar-refractivity contribution in [3.05, 3.63) is 48.5 Å². The predicted molar refractivity (Wildman–Crippen MR) is 108 cm³/mol. The Morgan fingerprint density at radius 3 is 2.24 bits per heavy atom. The van der Waals surface area contributed by atoms with Gasteiger partial charge in [0.2, 0.25) is 0 Å². The Kier molecular flexibility index (Phi) is 6.38. The third-order valence-electron chi connectivity index (χ3n) is 4.52. The van der Waals surface area contributed by atoms with Gasteiger partial charge in [-0.1, -0.05) is 0 Å². The van der Waals surface area contributed by atoms with Crippen LogP contribution in [0.15, 0.2) is 53.4 Å². The fraction of sp³-hybridized carbons (Fsp3) is 0.300. The number of benzene rings is 2. The summed E-state index contributed by atoms with van der Waals surface area (Å²) < 4.78 is 37.4. The lowest BCUT2D eigenvalue weighted by Gasteiger charge is -2.28. The lowest BCUT2D eigenvalue weighted by atomic mass is 10.1. The van der Waals surface area contributed by atoms with Crippen molar-refractivity contribution in [2.45, 2.75) is 17.7 Å². The zero-order valence-electron chi connectivity index (χ0n) is 16.0. The summed E-state index contributed by atoms with van der Waals surface area (Å²) in [6, 6.07) is 12.8. The van der Waals surface area contributed by atoms with Gasteiger partial charge < -0.3 is 14.4 Å². The maximum Gasteiger partial charge on any atom is 0.343 e. The summed E-state index contributed by atoms with van der Waals surface area (Å²) in [6.07, 6.45) is 1.07. The van der Waals surface area contributed by atoms with E-state index in [0.29, 0.717) is 37.4 Å². The molecule has 0 aromatic heterocycles. The van der Waals surface area contributed by atoms with Crippen molar-refractivity contribution in [1.29, 1.82) is 0 Å². The highest BCUT2D eigenvalue weighted by atomic mass is 32.2. The second-order valence-corrected chi connectivity index (χ2v) is 8.20. The summed E-state index contributed by atoms with van der Waals surface area (Å²) in [4.78, 5) is 24.6. The molecule has 2 aromatic carbocycles. The van der Waals surface area contributed by atoms with Crippen LogP contribution in [0.4, 0.5) is 11.4 Å². The summed E-state index contributed by atoms with van der Waals surface area (Å²) in [5.74, 6) is 0.106. The molecule has 154 valence electrons. The summed E-state index contributed by atoms with van der Waals surface area (Å²) >= 11 is 0. The first-order valence-corrected chi connectivity index (χ1v) is 10.5. The molecular formula is C20H22N2O6S. The molecule has 2 aromatic rings. The van der Waals surface area contributed by atoms with Gasteiger partial charge in [0.15, 0.2) is 6.61 Å². The lowest BCUT2D eigenvalue weighted by Crippen LogP contribution is -2.33. The Morgan fingerprint density at radius 1 is 1.03 bits per heavy atom. The Labute approximate surface area is 169 Å².